The van der Waals surface area contributed by atoms with Crippen molar-refractivity contribution in [1.82, 2.24) is 0 Å². The molecule has 106 valence electrons. The van der Waals surface area contributed by atoms with Crippen molar-refractivity contribution in [2.24, 2.45) is 0 Å². The second kappa shape index (κ2) is 5.88. The van der Waals surface area contributed by atoms with Crippen molar-refractivity contribution in [2.45, 2.75) is 38.4 Å². The SMILES string of the molecule is CCCCBc1cc(C(F)(F)F)cc(C(F)(F)F)c1. The molecule has 0 spiro atoms. The number of hydrogen-bond donors (Lipinski definition) is 0. The van der Waals surface area contributed by atoms with Crippen molar-refractivity contribution in [2.75, 3.05) is 0 Å². The molecule has 0 bridgehead atoms. The number of benzene rings is 1. The number of hydrogen-bond acceptors (Lipinski definition) is 0. The number of halogens is 6. The molecule has 1 aromatic rings. The van der Waals surface area contributed by atoms with Gasteiger partial charge in [0, 0.05) is 0 Å². The summed E-state index contributed by atoms with van der Waals surface area (Å²) in [4.78, 5) is 0. The standard InChI is InChI=1S/C12H13BF6/c1-2-3-4-13-10-6-8(11(14,15)16)5-9(7-10)12(17,18)19/h5-7,13H,2-4H2,1H3. The van der Waals surface area contributed by atoms with Crippen LogP contribution in [0, 0.1) is 0 Å². The van der Waals surface area contributed by atoms with Crippen LogP contribution < -0.4 is 5.46 Å². The zero-order chi connectivity index (χ0) is 14.7. The van der Waals surface area contributed by atoms with Gasteiger partial charge in [0.15, 0.2) is 7.28 Å². The number of unbranched alkanes of at least 4 members (excludes halogenated alkanes) is 1. The average Bonchev–Trinajstić information content (AvgIpc) is 2.27. The van der Waals surface area contributed by atoms with Gasteiger partial charge in [0.25, 0.3) is 0 Å². The molecule has 0 saturated heterocycles. The first-order chi connectivity index (χ1) is 8.64. The zero-order valence-electron chi connectivity index (χ0n) is 10.3. The molecule has 0 aliphatic carbocycles. The van der Waals surface area contributed by atoms with Crippen molar-refractivity contribution in [3.8, 4) is 0 Å². The highest BCUT2D eigenvalue weighted by atomic mass is 19.4. The predicted molar refractivity (Wildman–Crippen MR) is 62.9 cm³/mol. The van der Waals surface area contributed by atoms with Gasteiger partial charge in [0.2, 0.25) is 0 Å². The molecule has 0 atom stereocenters. The molecule has 0 heterocycles. The van der Waals surface area contributed by atoms with E-state index in [4.69, 9.17) is 0 Å². The van der Waals surface area contributed by atoms with E-state index in [0.717, 1.165) is 25.0 Å². The van der Waals surface area contributed by atoms with Crippen LogP contribution in [0.25, 0.3) is 0 Å². The molecule has 0 aromatic heterocycles. The summed E-state index contributed by atoms with van der Waals surface area (Å²) >= 11 is 0. The van der Waals surface area contributed by atoms with E-state index in [1.54, 1.807) is 0 Å². The minimum absolute atomic E-state index is 0.0793. The summed E-state index contributed by atoms with van der Waals surface area (Å²) in [5.74, 6) is 0. The quantitative estimate of drug-likeness (QED) is 0.445. The Hall–Kier alpha value is -1.14. The van der Waals surface area contributed by atoms with E-state index in [-0.39, 0.29) is 18.8 Å². The summed E-state index contributed by atoms with van der Waals surface area (Å²) < 4.78 is 75.3. The molecule has 1 rings (SSSR count). The van der Waals surface area contributed by atoms with E-state index in [1.165, 1.54) is 0 Å². The number of alkyl halides is 6. The van der Waals surface area contributed by atoms with Crippen LogP contribution in [0.4, 0.5) is 26.3 Å². The highest BCUT2D eigenvalue weighted by Gasteiger charge is 2.36. The van der Waals surface area contributed by atoms with Gasteiger partial charge in [-0.1, -0.05) is 43.7 Å². The minimum Gasteiger partial charge on any atom is -0.166 e. The van der Waals surface area contributed by atoms with Crippen molar-refractivity contribution in [3.05, 3.63) is 29.3 Å². The molecule has 0 fully saturated rings. The van der Waals surface area contributed by atoms with Gasteiger partial charge < -0.3 is 0 Å². The van der Waals surface area contributed by atoms with E-state index < -0.39 is 23.5 Å². The van der Waals surface area contributed by atoms with Crippen LogP contribution in [0.1, 0.15) is 30.9 Å². The second-order valence-electron chi connectivity index (χ2n) is 4.37. The fourth-order valence-corrected chi connectivity index (χ4v) is 1.74. The van der Waals surface area contributed by atoms with E-state index >= 15 is 0 Å². The predicted octanol–water partition coefficient (Wildman–Crippen LogP) is 4.00. The van der Waals surface area contributed by atoms with Crippen LogP contribution in [0.15, 0.2) is 18.2 Å². The molecule has 0 radical (unpaired) electrons. The molecular weight excluding hydrogens is 269 g/mol. The molecule has 0 aliphatic rings. The first-order valence-electron chi connectivity index (χ1n) is 5.93. The summed E-state index contributed by atoms with van der Waals surface area (Å²) in [5.41, 5.74) is -2.40. The van der Waals surface area contributed by atoms with Crippen molar-refractivity contribution in [3.63, 3.8) is 0 Å². The van der Waals surface area contributed by atoms with Gasteiger partial charge in [-0.25, -0.2) is 0 Å². The van der Waals surface area contributed by atoms with E-state index in [9.17, 15) is 26.3 Å². The van der Waals surface area contributed by atoms with Crippen LogP contribution in [0.3, 0.4) is 0 Å². The monoisotopic (exact) mass is 282 g/mol. The lowest BCUT2D eigenvalue weighted by Gasteiger charge is -2.13. The lowest BCUT2D eigenvalue weighted by Crippen LogP contribution is -2.21. The zero-order valence-corrected chi connectivity index (χ0v) is 10.3. The third-order valence-electron chi connectivity index (χ3n) is 2.72. The molecule has 0 N–H and O–H groups in total. The number of rotatable bonds is 4. The molecule has 7 heteroatoms. The van der Waals surface area contributed by atoms with Crippen molar-refractivity contribution < 1.29 is 26.3 Å². The summed E-state index contributed by atoms with van der Waals surface area (Å²) in [6.45, 7) is 1.91. The lowest BCUT2D eigenvalue weighted by atomic mass is 9.65. The Morgan fingerprint density at radius 1 is 0.895 bits per heavy atom. The Balaban J connectivity index is 3.10. The maximum atomic E-state index is 12.6. The van der Waals surface area contributed by atoms with E-state index in [2.05, 4.69) is 0 Å². The van der Waals surface area contributed by atoms with Crippen LogP contribution in [-0.4, -0.2) is 7.28 Å². The Morgan fingerprint density at radius 2 is 1.37 bits per heavy atom. The van der Waals surface area contributed by atoms with Gasteiger partial charge in [0.1, 0.15) is 0 Å². The smallest absolute Gasteiger partial charge is 0.166 e. The fourth-order valence-electron chi connectivity index (χ4n) is 1.74. The summed E-state index contributed by atoms with van der Waals surface area (Å²) in [5, 5.41) is 0. The highest BCUT2D eigenvalue weighted by molar-refractivity contribution is 6.53. The van der Waals surface area contributed by atoms with Crippen LogP contribution in [-0.2, 0) is 12.4 Å². The van der Waals surface area contributed by atoms with Crippen LogP contribution >= 0.6 is 0 Å². The third kappa shape index (κ3) is 4.80. The molecule has 0 unspecified atom stereocenters. The van der Waals surface area contributed by atoms with E-state index in [1.807, 2.05) is 6.92 Å². The first kappa shape index (κ1) is 15.9. The van der Waals surface area contributed by atoms with Gasteiger partial charge in [-0.05, 0) is 6.07 Å². The summed E-state index contributed by atoms with van der Waals surface area (Å²) in [6.07, 6.45) is -7.32. The lowest BCUT2D eigenvalue weighted by molar-refractivity contribution is -0.142. The topological polar surface area (TPSA) is 0 Å². The van der Waals surface area contributed by atoms with Gasteiger partial charge in [-0.3, -0.25) is 0 Å². The van der Waals surface area contributed by atoms with Gasteiger partial charge in [0.05, 0.1) is 11.1 Å². The normalized spacial score (nSPS) is 12.6. The average molecular weight is 282 g/mol. The third-order valence-corrected chi connectivity index (χ3v) is 2.72. The molecule has 0 nitrogen and oxygen atoms in total. The largest absolute Gasteiger partial charge is 0.416 e. The Morgan fingerprint density at radius 3 is 1.74 bits per heavy atom. The van der Waals surface area contributed by atoms with Gasteiger partial charge >= 0.3 is 12.4 Å². The second-order valence-corrected chi connectivity index (χ2v) is 4.37. The maximum absolute atomic E-state index is 12.6. The van der Waals surface area contributed by atoms with Crippen molar-refractivity contribution in [1.29, 1.82) is 0 Å². The highest BCUT2D eigenvalue weighted by Crippen LogP contribution is 2.34. The van der Waals surface area contributed by atoms with Crippen LogP contribution in [0.5, 0.6) is 0 Å². The molecular formula is C12H13BF6. The molecule has 19 heavy (non-hydrogen) atoms. The minimum atomic E-state index is -4.76. The Labute approximate surface area is 108 Å². The summed E-state index contributed by atoms with van der Waals surface area (Å²) in [6, 6.07) is 1.75. The molecule has 0 amide bonds. The maximum Gasteiger partial charge on any atom is 0.416 e. The first-order valence-corrected chi connectivity index (χ1v) is 5.93. The summed E-state index contributed by atoms with van der Waals surface area (Å²) in [7, 11) is 0.223. The van der Waals surface area contributed by atoms with Crippen molar-refractivity contribution >= 4 is 12.7 Å². The molecule has 1 aromatic carbocycles. The fraction of sp³-hybridized carbons (Fsp3) is 0.500. The Bertz CT molecular complexity index is 389. The molecule has 0 aliphatic heterocycles. The van der Waals surface area contributed by atoms with E-state index in [0.29, 0.717) is 6.32 Å². The van der Waals surface area contributed by atoms with Gasteiger partial charge in [-0.2, -0.15) is 26.3 Å². The molecule has 0 saturated carbocycles. The Kier molecular flexibility index (Phi) is 4.93. The van der Waals surface area contributed by atoms with Crippen LogP contribution in [0.2, 0.25) is 6.32 Å². The van der Waals surface area contributed by atoms with Gasteiger partial charge in [-0.15, -0.1) is 0 Å².